The van der Waals surface area contributed by atoms with E-state index < -0.39 is 0 Å². The zero-order valence-electron chi connectivity index (χ0n) is 10.1. The Hall–Kier alpha value is 0.210. The molecule has 0 saturated carbocycles. The van der Waals surface area contributed by atoms with Crippen LogP contribution in [0.25, 0.3) is 0 Å². The summed E-state index contributed by atoms with van der Waals surface area (Å²) < 4.78 is 0. The molecule has 3 N–H and O–H groups in total. The van der Waals surface area contributed by atoms with E-state index in [-0.39, 0.29) is 25.1 Å². The Morgan fingerprint density at radius 2 is 1.40 bits per heavy atom. The number of halogens is 1. The fourth-order valence-corrected chi connectivity index (χ4v) is 1.63. The van der Waals surface area contributed by atoms with Crippen LogP contribution in [0.15, 0.2) is 0 Å². The zero-order chi connectivity index (χ0) is 10.6. The number of hydrogen-bond donors (Lipinski definition) is 2. The first-order chi connectivity index (χ1) is 6.81. The average Bonchev–Trinajstić information content (AvgIpc) is 2.21. The first kappa shape index (κ1) is 17.6. The Bertz CT molecular complexity index is 112. The highest BCUT2D eigenvalue weighted by Crippen LogP contribution is 2.09. The molecule has 0 rings (SSSR count). The lowest BCUT2D eigenvalue weighted by atomic mass is 10.1. The lowest BCUT2D eigenvalue weighted by molar-refractivity contribution is 0.257. The molecule has 0 fully saturated rings. The molecule has 15 heavy (non-hydrogen) atoms. The van der Waals surface area contributed by atoms with Crippen LogP contribution in [-0.2, 0) is 0 Å². The van der Waals surface area contributed by atoms with E-state index in [9.17, 15) is 0 Å². The van der Waals surface area contributed by atoms with Crippen LogP contribution < -0.4 is 5.73 Å². The summed E-state index contributed by atoms with van der Waals surface area (Å²) in [7, 11) is 0. The molecule has 2 nitrogen and oxygen atoms in total. The van der Waals surface area contributed by atoms with Gasteiger partial charge in [-0.3, -0.25) is 0 Å². The molecule has 0 aromatic heterocycles. The van der Waals surface area contributed by atoms with E-state index >= 15 is 0 Å². The van der Waals surface area contributed by atoms with Gasteiger partial charge in [0.2, 0.25) is 0 Å². The van der Waals surface area contributed by atoms with E-state index in [1.807, 2.05) is 0 Å². The van der Waals surface area contributed by atoms with Crippen molar-refractivity contribution >= 4 is 12.4 Å². The second-order valence-corrected chi connectivity index (χ2v) is 4.21. The standard InChI is InChI=1S/C12H27NO.ClH/c1-2-3-4-5-6-7-8-9-10-12(13)11-14;/h12,14H,2-11,13H2,1H3;1H. The molecule has 0 aromatic rings. The summed E-state index contributed by atoms with van der Waals surface area (Å²) >= 11 is 0. The van der Waals surface area contributed by atoms with Crippen LogP contribution in [0.4, 0.5) is 0 Å². The first-order valence-electron chi connectivity index (χ1n) is 6.17. The second-order valence-electron chi connectivity index (χ2n) is 4.21. The normalized spacial score (nSPS) is 12.2. The average molecular weight is 238 g/mol. The molecule has 0 bridgehead atoms. The summed E-state index contributed by atoms with van der Waals surface area (Å²) in [5.41, 5.74) is 5.60. The maximum atomic E-state index is 8.71. The number of aliphatic hydroxyl groups excluding tert-OH is 1. The lowest BCUT2D eigenvalue weighted by Gasteiger charge is -2.06. The summed E-state index contributed by atoms with van der Waals surface area (Å²) in [6, 6.07) is 0.00934. The zero-order valence-corrected chi connectivity index (χ0v) is 10.9. The SMILES string of the molecule is CCCCCCCCCCC(N)CO.Cl. The minimum atomic E-state index is 0. The summed E-state index contributed by atoms with van der Waals surface area (Å²) in [6.07, 6.45) is 11.6. The van der Waals surface area contributed by atoms with E-state index in [2.05, 4.69) is 6.92 Å². The minimum Gasteiger partial charge on any atom is -0.395 e. The van der Waals surface area contributed by atoms with Gasteiger partial charge in [-0.05, 0) is 6.42 Å². The van der Waals surface area contributed by atoms with Crippen molar-refractivity contribution in [3.8, 4) is 0 Å². The maximum absolute atomic E-state index is 8.71. The maximum Gasteiger partial charge on any atom is 0.0582 e. The van der Waals surface area contributed by atoms with E-state index in [4.69, 9.17) is 10.8 Å². The van der Waals surface area contributed by atoms with Gasteiger partial charge in [0.25, 0.3) is 0 Å². The van der Waals surface area contributed by atoms with E-state index in [0.29, 0.717) is 0 Å². The molecule has 0 aliphatic rings. The van der Waals surface area contributed by atoms with E-state index in [1.54, 1.807) is 0 Å². The molecule has 0 saturated heterocycles. The Morgan fingerprint density at radius 3 is 1.87 bits per heavy atom. The third-order valence-corrected chi connectivity index (χ3v) is 2.66. The van der Waals surface area contributed by atoms with Crippen LogP contribution in [0.3, 0.4) is 0 Å². The van der Waals surface area contributed by atoms with Crippen LogP contribution in [0.5, 0.6) is 0 Å². The number of unbranched alkanes of at least 4 members (excludes halogenated alkanes) is 7. The molecule has 3 heteroatoms. The summed E-state index contributed by atoms with van der Waals surface area (Å²) in [6.45, 7) is 2.38. The minimum absolute atomic E-state index is 0. The summed E-state index contributed by atoms with van der Waals surface area (Å²) in [4.78, 5) is 0. The van der Waals surface area contributed by atoms with Gasteiger partial charge in [0.05, 0.1) is 6.61 Å². The van der Waals surface area contributed by atoms with Gasteiger partial charge in [-0.1, -0.05) is 58.3 Å². The highest BCUT2D eigenvalue weighted by Gasteiger charge is 1.98. The fraction of sp³-hybridized carbons (Fsp3) is 1.00. The predicted molar refractivity (Wildman–Crippen MR) is 69.5 cm³/mol. The monoisotopic (exact) mass is 237 g/mol. The Labute approximate surface area is 101 Å². The number of aliphatic hydroxyl groups is 1. The largest absolute Gasteiger partial charge is 0.395 e. The third kappa shape index (κ3) is 14.2. The molecular weight excluding hydrogens is 210 g/mol. The molecule has 0 amide bonds. The molecule has 0 aliphatic carbocycles. The van der Waals surface area contributed by atoms with Crippen molar-refractivity contribution in [2.45, 2.75) is 70.8 Å². The van der Waals surface area contributed by atoms with Crippen molar-refractivity contribution in [3.05, 3.63) is 0 Å². The predicted octanol–water partition coefficient (Wildman–Crippen LogP) is 3.26. The van der Waals surface area contributed by atoms with Crippen molar-refractivity contribution in [1.82, 2.24) is 0 Å². The quantitative estimate of drug-likeness (QED) is 0.573. The van der Waals surface area contributed by atoms with Gasteiger partial charge in [0, 0.05) is 6.04 Å². The van der Waals surface area contributed by atoms with Crippen LogP contribution >= 0.6 is 12.4 Å². The molecule has 1 atom stereocenters. The Balaban J connectivity index is 0. The molecule has 0 spiro atoms. The Kier molecular flexibility index (Phi) is 16.7. The summed E-state index contributed by atoms with van der Waals surface area (Å²) in [5, 5.41) is 8.71. The van der Waals surface area contributed by atoms with Crippen LogP contribution in [-0.4, -0.2) is 17.8 Å². The van der Waals surface area contributed by atoms with Gasteiger partial charge >= 0.3 is 0 Å². The Morgan fingerprint density at radius 1 is 0.933 bits per heavy atom. The van der Waals surface area contributed by atoms with Crippen LogP contribution in [0, 0.1) is 0 Å². The van der Waals surface area contributed by atoms with Crippen molar-refractivity contribution < 1.29 is 5.11 Å². The third-order valence-electron chi connectivity index (χ3n) is 2.66. The highest BCUT2D eigenvalue weighted by atomic mass is 35.5. The molecular formula is C12H28ClNO. The number of hydrogen-bond acceptors (Lipinski definition) is 2. The van der Waals surface area contributed by atoms with E-state index in [1.165, 1.54) is 51.4 Å². The van der Waals surface area contributed by atoms with Gasteiger partial charge in [-0.15, -0.1) is 12.4 Å². The first-order valence-corrected chi connectivity index (χ1v) is 6.17. The molecule has 0 aromatic carbocycles. The van der Waals surface area contributed by atoms with Gasteiger partial charge in [-0.2, -0.15) is 0 Å². The van der Waals surface area contributed by atoms with Crippen LogP contribution in [0.2, 0.25) is 0 Å². The molecule has 94 valence electrons. The molecule has 0 heterocycles. The number of rotatable bonds is 10. The van der Waals surface area contributed by atoms with Crippen LogP contribution in [0.1, 0.15) is 64.7 Å². The summed E-state index contributed by atoms with van der Waals surface area (Å²) in [5.74, 6) is 0. The second kappa shape index (κ2) is 14.2. The van der Waals surface area contributed by atoms with Gasteiger partial charge in [0.1, 0.15) is 0 Å². The molecule has 0 radical (unpaired) electrons. The smallest absolute Gasteiger partial charge is 0.0582 e. The van der Waals surface area contributed by atoms with Crippen molar-refractivity contribution in [1.29, 1.82) is 0 Å². The van der Waals surface area contributed by atoms with Gasteiger partial charge in [0.15, 0.2) is 0 Å². The van der Waals surface area contributed by atoms with Gasteiger partial charge < -0.3 is 10.8 Å². The van der Waals surface area contributed by atoms with E-state index in [0.717, 1.165) is 6.42 Å². The van der Waals surface area contributed by atoms with Crippen molar-refractivity contribution in [3.63, 3.8) is 0 Å². The lowest BCUT2D eigenvalue weighted by Crippen LogP contribution is -2.23. The molecule has 1 unspecified atom stereocenters. The van der Waals surface area contributed by atoms with Crippen molar-refractivity contribution in [2.24, 2.45) is 5.73 Å². The topological polar surface area (TPSA) is 46.2 Å². The number of nitrogens with two attached hydrogens (primary N) is 1. The highest BCUT2D eigenvalue weighted by molar-refractivity contribution is 5.85. The fourth-order valence-electron chi connectivity index (χ4n) is 1.63. The van der Waals surface area contributed by atoms with Crippen molar-refractivity contribution in [2.75, 3.05) is 6.61 Å². The molecule has 0 aliphatic heterocycles. The van der Waals surface area contributed by atoms with Gasteiger partial charge in [-0.25, -0.2) is 0 Å².